The highest BCUT2D eigenvalue weighted by Gasteiger charge is 1.98. The third-order valence-corrected chi connectivity index (χ3v) is 2.25. The van der Waals surface area contributed by atoms with Gasteiger partial charge in [0, 0.05) is 10.5 Å². The lowest BCUT2D eigenvalue weighted by Gasteiger charge is -1.99. The number of hydrogen-bond acceptors (Lipinski definition) is 2. The molecule has 57 valence electrons. The third kappa shape index (κ3) is 2.09. The Labute approximate surface area is 70.8 Å². The lowest BCUT2D eigenvalue weighted by Crippen LogP contribution is -1.83. The van der Waals surface area contributed by atoms with E-state index in [2.05, 4.69) is 6.92 Å². The van der Waals surface area contributed by atoms with Gasteiger partial charge in [-0.05, 0) is 17.9 Å². The van der Waals surface area contributed by atoms with E-state index in [-0.39, 0.29) is 0 Å². The maximum atomic E-state index is 10.4. The minimum atomic E-state index is 0.666. The van der Waals surface area contributed by atoms with E-state index >= 15 is 0 Å². The van der Waals surface area contributed by atoms with Crippen molar-refractivity contribution in [3.8, 4) is 0 Å². The molecule has 2 heteroatoms. The van der Waals surface area contributed by atoms with Crippen LogP contribution < -0.4 is 0 Å². The Bertz CT molecular complexity index is 245. The molecule has 1 radical (unpaired) electrons. The SMILES string of the molecule is CCSc1ccccc1[C]=O. The normalized spacial score (nSPS) is 9.55. The van der Waals surface area contributed by atoms with Crippen molar-refractivity contribution in [2.24, 2.45) is 0 Å². The summed E-state index contributed by atoms with van der Waals surface area (Å²) in [5.41, 5.74) is 0.666. The maximum absolute atomic E-state index is 10.4. The van der Waals surface area contributed by atoms with Gasteiger partial charge in [-0.25, -0.2) is 0 Å². The molecular weight excluding hydrogens is 156 g/mol. The van der Waals surface area contributed by atoms with Gasteiger partial charge in [0.2, 0.25) is 6.29 Å². The highest BCUT2D eigenvalue weighted by atomic mass is 32.2. The lowest BCUT2D eigenvalue weighted by atomic mass is 10.2. The van der Waals surface area contributed by atoms with Crippen LogP contribution in [-0.4, -0.2) is 12.0 Å². The van der Waals surface area contributed by atoms with Gasteiger partial charge in [0.15, 0.2) is 0 Å². The minimum absolute atomic E-state index is 0.666. The van der Waals surface area contributed by atoms with E-state index in [9.17, 15) is 4.79 Å². The largest absolute Gasteiger partial charge is 0.285 e. The number of hydrogen-bond donors (Lipinski definition) is 0. The third-order valence-electron chi connectivity index (χ3n) is 1.30. The molecule has 0 saturated heterocycles. The highest BCUT2D eigenvalue weighted by Crippen LogP contribution is 2.20. The average molecular weight is 165 g/mol. The van der Waals surface area contributed by atoms with Gasteiger partial charge in [-0.3, -0.25) is 4.79 Å². The molecule has 0 atom stereocenters. The lowest BCUT2D eigenvalue weighted by molar-refractivity contribution is 0.562. The van der Waals surface area contributed by atoms with Crippen LogP contribution in [0.3, 0.4) is 0 Å². The van der Waals surface area contributed by atoms with E-state index < -0.39 is 0 Å². The smallest absolute Gasteiger partial charge is 0.234 e. The predicted molar refractivity (Wildman–Crippen MR) is 47.6 cm³/mol. The molecule has 0 amide bonds. The van der Waals surface area contributed by atoms with Crippen LogP contribution in [0.4, 0.5) is 0 Å². The summed E-state index contributed by atoms with van der Waals surface area (Å²) < 4.78 is 0. The van der Waals surface area contributed by atoms with Crippen molar-refractivity contribution < 1.29 is 4.79 Å². The Hall–Kier alpha value is -0.760. The second-order valence-corrected chi connectivity index (χ2v) is 3.34. The zero-order valence-corrected chi connectivity index (χ0v) is 7.15. The Morgan fingerprint density at radius 1 is 1.45 bits per heavy atom. The molecule has 1 rings (SSSR count). The van der Waals surface area contributed by atoms with Gasteiger partial charge in [0.05, 0.1) is 0 Å². The van der Waals surface area contributed by atoms with Crippen molar-refractivity contribution in [3.05, 3.63) is 29.8 Å². The summed E-state index contributed by atoms with van der Waals surface area (Å²) in [5, 5.41) is 0. The zero-order valence-electron chi connectivity index (χ0n) is 6.33. The molecule has 0 spiro atoms. The fourth-order valence-electron chi connectivity index (χ4n) is 0.832. The summed E-state index contributed by atoms with van der Waals surface area (Å²) >= 11 is 1.66. The molecule has 0 aromatic heterocycles. The van der Waals surface area contributed by atoms with Crippen LogP contribution in [0.25, 0.3) is 0 Å². The van der Waals surface area contributed by atoms with E-state index in [1.807, 2.05) is 24.5 Å². The van der Waals surface area contributed by atoms with E-state index in [4.69, 9.17) is 0 Å². The predicted octanol–water partition coefficient (Wildman–Crippen LogP) is 2.26. The van der Waals surface area contributed by atoms with Gasteiger partial charge in [0.25, 0.3) is 0 Å². The molecule has 0 fully saturated rings. The zero-order chi connectivity index (χ0) is 8.10. The van der Waals surface area contributed by atoms with Crippen molar-refractivity contribution >= 4 is 18.0 Å². The molecule has 0 N–H and O–H groups in total. The Balaban J connectivity index is 2.92. The Morgan fingerprint density at radius 3 is 2.82 bits per heavy atom. The molecule has 0 aliphatic rings. The van der Waals surface area contributed by atoms with Crippen LogP contribution >= 0.6 is 11.8 Å². The van der Waals surface area contributed by atoms with Crippen molar-refractivity contribution in [3.63, 3.8) is 0 Å². The Kier molecular flexibility index (Phi) is 3.17. The van der Waals surface area contributed by atoms with Crippen molar-refractivity contribution in [1.82, 2.24) is 0 Å². The van der Waals surface area contributed by atoms with Gasteiger partial charge in [-0.2, -0.15) is 0 Å². The van der Waals surface area contributed by atoms with Gasteiger partial charge < -0.3 is 0 Å². The molecule has 0 heterocycles. The number of benzene rings is 1. The van der Waals surface area contributed by atoms with Crippen molar-refractivity contribution in [1.29, 1.82) is 0 Å². The van der Waals surface area contributed by atoms with Crippen molar-refractivity contribution in [2.75, 3.05) is 5.75 Å². The average Bonchev–Trinajstić information content (AvgIpc) is 2.06. The van der Waals surface area contributed by atoms with Crippen LogP contribution in [0.1, 0.15) is 12.5 Å². The number of carbonyl (C=O) groups excluding carboxylic acids is 1. The molecule has 11 heavy (non-hydrogen) atoms. The Morgan fingerprint density at radius 2 is 2.18 bits per heavy atom. The molecule has 1 nitrogen and oxygen atoms in total. The fraction of sp³-hybridized carbons (Fsp3) is 0.222. The molecule has 0 aliphatic carbocycles. The first-order chi connectivity index (χ1) is 5.38. The van der Waals surface area contributed by atoms with Crippen LogP contribution in [0.5, 0.6) is 0 Å². The number of rotatable bonds is 3. The van der Waals surface area contributed by atoms with E-state index in [1.54, 1.807) is 17.8 Å². The number of thioether (sulfide) groups is 1. The van der Waals surface area contributed by atoms with Crippen LogP contribution in [0, 0.1) is 0 Å². The second kappa shape index (κ2) is 4.19. The van der Waals surface area contributed by atoms with E-state index in [0.717, 1.165) is 10.6 Å². The van der Waals surface area contributed by atoms with Crippen LogP contribution in [-0.2, 0) is 4.79 Å². The van der Waals surface area contributed by atoms with Gasteiger partial charge in [0.1, 0.15) is 0 Å². The van der Waals surface area contributed by atoms with Gasteiger partial charge in [-0.15, -0.1) is 11.8 Å². The maximum Gasteiger partial charge on any atom is 0.234 e. The first kappa shape index (κ1) is 8.34. The standard InChI is InChI=1S/C9H9OS/c1-2-11-9-6-4-3-5-8(9)7-10/h3-6H,2H2,1H3. The van der Waals surface area contributed by atoms with Gasteiger partial charge in [-0.1, -0.05) is 19.1 Å². The summed E-state index contributed by atoms with van der Waals surface area (Å²) in [6.07, 6.45) is 1.91. The molecule has 0 bridgehead atoms. The van der Waals surface area contributed by atoms with E-state index in [0.29, 0.717) is 5.56 Å². The van der Waals surface area contributed by atoms with E-state index in [1.165, 1.54) is 0 Å². The topological polar surface area (TPSA) is 17.1 Å². The van der Waals surface area contributed by atoms with Gasteiger partial charge >= 0.3 is 0 Å². The molecule has 0 aliphatic heterocycles. The summed E-state index contributed by atoms with van der Waals surface area (Å²) in [7, 11) is 0. The summed E-state index contributed by atoms with van der Waals surface area (Å²) in [5.74, 6) is 0.985. The fourth-order valence-corrected chi connectivity index (χ4v) is 1.58. The first-order valence-corrected chi connectivity index (χ1v) is 4.47. The monoisotopic (exact) mass is 165 g/mol. The minimum Gasteiger partial charge on any atom is -0.285 e. The second-order valence-electron chi connectivity index (χ2n) is 2.03. The van der Waals surface area contributed by atoms with Crippen LogP contribution in [0.2, 0.25) is 0 Å². The molecular formula is C9H9OS. The summed E-state index contributed by atoms with van der Waals surface area (Å²) in [4.78, 5) is 11.4. The molecule has 0 saturated carbocycles. The summed E-state index contributed by atoms with van der Waals surface area (Å²) in [6, 6.07) is 7.50. The quantitative estimate of drug-likeness (QED) is 0.639. The molecule has 1 aromatic rings. The summed E-state index contributed by atoms with van der Waals surface area (Å²) in [6.45, 7) is 2.06. The van der Waals surface area contributed by atoms with Crippen LogP contribution in [0.15, 0.2) is 29.2 Å². The molecule has 0 unspecified atom stereocenters. The first-order valence-electron chi connectivity index (χ1n) is 3.48. The van der Waals surface area contributed by atoms with Crippen molar-refractivity contribution in [2.45, 2.75) is 11.8 Å². The molecule has 1 aromatic carbocycles. The highest BCUT2D eigenvalue weighted by molar-refractivity contribution is 7.99.